The second kappa shape index (κ2) is 10.4. The number of aliphatic carboxylic acids is 1. The summed E-state index contributed by atoms with van der Waals surface area (Å²) in [5.41, 5.74) is 4.11. The normalized spacial score (nSPS) is 14.4. The summed E-state index contributed by atoms with van der Waals surface area (Å²) >= 11 is 0. The lowest BCUT2D eigenvalue weighted by molar-refractivity contribution is -0.137. The first-order valence-electron chi connectivity index (χ1n) is 10.5. The molecule has 0 radical (unpaired) electrons. The van der Waals surface area contributed by atoms with Crippen molar-refractivity contribution in [2.24, 2.45) is 5.10 Å². The highest BCUT2D eigenvalue weighted by Crippen LogP contribution is 2.27. The summed E-state index contributed by atoms with van der Waals surface area (Å²) < 4.78 is 0. The third-order valence-electron chi connectivity index (χ3n) is 4.96. The minimum atomic E-state index is -0.888. The molecule has 0 saturated heterocycles. The predicted octanol–water partition coefficient (Wildman–Crippen LogP) is 4.16. The number of rotatable bonds is 9. The molecule has 166 valence electrons. The van der Waals surface area contributed by atoms with Crippen molar-refractivity contribution in [1.82, 2.24) is 0 Å². The van der Waals surface area contributed by atoms with Crippen LogP contribution >= 0.6 is 0 Å². The van der Waals surface area contributed by atoms with Crippen LogP contribution in [-0.2, 0) is 20.8 Å². The molecular formula is C24H26N4O4. The molecule has 0 fully saturated rings. The number of carboxylic acids is 1. The highest BCUT2D eigenvalue weighted by atomic mass is 16.4. The number of amides is 2. The number of carboxylic acid groups (broad SMARTS) is 1. The van der Waals surface area contributed by atoms with Gasteiger partial charge in [-0.05, 0) is 55.2 Å². The van der Waals surface area contributed by atoms with Crippen molar-refractivity contribution >= 4 is 40.6 Å². The van der Waals surface area contributed by atoms with Crippen molar-refractivity contribution in [3.8, 4) is 0 Å². The molecule has 32 heavy (non-hydrogen) atoms. The van der Waals surface area contributed by atoms with Gasteiger partial charge in [0, 0.05) is 30.9 Å². The van der Waals surface area contributed by atoms with Crippen molar-refractivity contribution < 1.29 is 19.5 Å². The van der Waals surface area contributed by atoms with Gasteiger partial charge in [0.1, 0.15) is 0 Å². The lowest BCUT2D eigenvalue weighted by atomic mass is 10.1. The van der Waals surface area contributed by atoms with Crippen LogP contribution in [0.3, 0.4) is 0 Å². The maximum atomic E-state index is 13.2. The first kappa shape index (κ1) is 22.7. The topological polar surface area (TPSA) is 111 Å². The largest absolute Gasteiger partial charge is 0.481 e. The van der Waals surface area contributed by atoms with E-state index in [1.165, 1.54) is 11.9 Å². The van der Waals surface area contributed by atoms with Gasteiger partial charge in [0.25, 0.3) is 5.91 Å². The molecular weight excluding hydrogens is 408 g/mol. The van der Waals surface area contributed by atoms with E-state index in [1.54, 1.807) is 30.5 Å². The van der Waals surface area contributed by atoms with Gasteiger partial charge >= 0.3 is 5.97 Å². The summed E-state index contributed by atoms with van der Waals surface area (Å²) in [6.07, 6.45) is 3.22. The van der Waals surface area contributed by atoms with Crippen LogP contribution in [0.25, 0.3) is 0 Å². The van der Waals surface area contributed by atoms with Crippen LogP contribution in [0.15, 0.2) is 65.4 Å². The smallest absolute Gasteiger partial charge is 0.303 e. The van der Waals surface area contributed by atoms with Crippen LogP contribution in [0.5, 0.6) is 0 Å². The quantitative estimate of drug-likeness (QED) is 0.513. The van der Waals surface area contributed by atoms with Crippen LogP contribution in [0, 0.1) is 0 Å². The van der Waals surface area contributed by atoms with Gasteiger partial charge < -0.3 is 15.7 Å². The Morgan fingerprint density at radius 3 is 2.50 bits per heavy atom. The first-order valence-corrected chi connectivity index (χ1v) is 10.5. The summed E-state index contributed by atoms with van der Waals surface area (Å²) in [5, 5.41) is 20.6. The van der Waals surface area contributed by atoms with Crippen molar-refractivity contribution in [2.75, 3.05) is 15.6 Å². The monoisotopic (exact) mass is 434 g/mol. The Bertz CT molecular complexity index is 1070. The van der Waals surface area contributed by atoms with Crippen molar-refractivity contribution in [2.45, 2.75) is 39.5 Å². The number of benzene rings is 2. The van der Waals surface area contributed by atoms with E-state index >= 15 is 0 Å². The number of hydrazone groups is 1. The Morgan fingerprint density at radius 1 is 1.12 bits per heavy atom. The molecule has 1 aliphatic heterocycles. The third kappa shape index (κ3) is 5.60. The minimum Gasteiger partial charge on any atom is -0.481 e. The van der Waals surface area contributed by atoms with Gasteiger partial charge in [-0.3, -0.25) is 14.4 Å². The standard InChI is InChI=1S/C24H26N4O4/c1-3-17-7-4-5-8-21(17)25-15-20-22(9-6-10-23(30)31)27-28(24(20)32)19-13-11-18(12-14-19)26-16(2)29/h4-5,7-8,11-15,25H,3,6,9-10H2,1-2H3,(H,26,29)(H,30,31). The molecule has 2 amide bonds. The van der Waals surface area contributed by atoms with Gasteiger partial charge in [-0.25, -0.2) is 0 Å². The van der Waals surface area contributed by atoms with Crippen molar-refractivity contribution in [3.05, 3.63) is 65.9 Å². The van der Waals surface area contributed by atoms with Crippen molar-refractivity contribution in [1.29, 1.82) is 0 Å². The molecule has 2 aromatic carbocycles. The summed E-state index contributed by atoms with van der Waals surface area (Å²) in [6.45, 7) is 3.48. The van der Waals surface area contributed by atoms with E-state index in [9.17, 15) is 14.4 Å². The Morgan fingerprint density at radius 2 is 1.84 bits per heavy atom. The maximum absolute atomic E-state index is 13.2. The van der Waals surface area contributed by atoms with Gasteiger partial charge in [-0.15, -0.1) is 0 Å². The number of carbonyl (C=O) groups excluding carboxylic acids is 2. The molecule has 0 spiro atoms. The molecule has 0 unspecified atom stereocenters. The van der Waals surface area contributed by atoms with E-state index in [1.807, 2.05) is 24.3 Å². The van der Waals surface area contributed by atoms with Crippen LogP contribution in [0.1, 0.15) is 38.7 Å². The summed E-state index contributed by atoms with van der Waals surface area (Å²) in [5.74, 6) is -1.37. The second-order valence-corrected chi connectivity index (χ2v) is 7.35. The lowest BCUT2D eigenvalue weighted by Gasteiger charge is -2.13. The Balaban J connectivity index is 1.86. The highest BCUT2D eigenvalue weighted by Gasteiger charge is 2.31. The number of hydrogen-bond acceptors (Lipinski definition) is 5. The summed E-state index contributed by atoms with van der Waals surface area (Å²) in [7, 11) is 0. The number of aryl methyl sites for hydroxylation is 1. The number of para-hydroxylation sites is 1. The van der Waals surface area contributed by atoms with E-state index in [2.05, 4.69) is 22.7 Å². The van der Waals surface area contributed by atoms with E-state index in [4.69, 9.17) is 5.11 Å². The Hall–Kier alpha value is -3.94. The van der Waals surface area contributed by atoms with Gasteiger partial charge in [0.05, 0.1) is 17.0 Å². The minimum absolute atomic E-state index is 0.00198. The molecule has 0 aliphatic carbocycles. The number of anilines is 3. The fourth-order valence-electron chi connectivity index (χ4n) is 3.38. The zero-order valence-electron chi connectivity index (χ0n) is 18.1. The molecule has 8 heteroatoms. The highest BCUT2D eigenvalue weighted by molar-refractivity contribution is 6.30. The van der Waals surface area contributed by atoms with Crippen molar-refractivity contribution in [3.63, 3.8) is 0 Å². The number of nitrogens with one attached hydrogen (secondary N) is 2. The van der Waals surface area contributed by atoms with E-state index in [0.717, 1.165) is 17.7 Å². The fraction of sp³-hybridized carbons (Fsp3) is 0.250. The van der Waals surface area contributed by atoms with Crippen LogP contribution < -0.4 is 15.6 Å². The fourth-order valence-corrected chi connectivity index (χ4v) is 3.38. The summed E-state index contributed by atoms with van der Waals surface area (Å²) in [6, 6.07) is 14.6. The van der Waals surface area contributed by atoms with Gasteiger partial charge in [-0.1, -0.05) is 25.1 Å². The zero-order chi connectivity index (χ0) is 23.1. The van der Waals surface area contributed by atoms with Crippen LogP contribution in [0.4, 0.5) is 17.1 Å². The number of hydrogen-bond donors (Lipinski definition) is 3. The third-order valence-corrected chi connectivity index (χ3v) is 4.96. The predicted molar refractivity (Wildman–Crippen MR) is 125 cm³/mol. The Labute approximate surface area is 186 Å². The average Bonchev–Trinajstić information content (AvgIpc) is 3.07. The molecule has 3 rings (SSSR count). The molecule has 0 bridgehead atoms. The molecule has 2 aromatic rings. The van der Waals surface area contributed by atoms with Crippen LogP contribution in [0.2, 0.25) is 0 Å². The van der Waals surface area contributed by atoms with Gasteiger partial charge in [-0.2, -0.15) is 10.1 Å². The molecule has 3 N–H and O–H groups in total. The number of nitrogens with zero attached hydrogens (tertiary/aromatic N) is 2. The van der Waals surface area contributed by atoms with Gasteiger partial charge in [0.15, 0.2) is 0 Å². The SMILES string of the molecule is CCc1ccccc1NC=C1C(=O)N(c2ccc(NC(C)=O)cc2)N=C1CCCC(=O)O. The molecule has 0 saturated carbocycles. The molecule has 8 nitrogen and oxygen atoms in total. The Kier molecular flexibility index (Phi) is 7.38. The maximum Gasteiger partial charge on any atom is 0.303 e. The van der Waals surface area contributed by atoms with E-state index < -0.39 is 5.97 Å². The zero-order valence-corrected chi connectivity index (χ0v) is 18.1. The molecule has 0 aromatic heterocycles. The molecule has 1 aliphatic rings. The average molecular weight is 434 g/mol. The molecule has 0 atom stereocenters. The summed E-state index contributed by atoms with van der Waals surface area (Å²) in [4.78, 5) is 35.3. The van der Waals surface area contributed by atoms with E-state index in [0.29, 0.717) is 35.5 Å². The second-order valence-electron chi connectivity index (χ2n) is 7.35. The number of carbonyl (C=O) groups is 3. The first-order chi connectivity index (χ1) is 15.4. The van der Waals surface area contributed by atoms with Crippen LogP contribution in [-0.4, -0.2) is 28.6 Å². The lowest BCUT2D eigenvalue weighted by Crippen LogP contribution is -2.22. The van der Waals surface area contributed by atoms with Gasteiger partial charge in [0.2, 0.25) is 5.91 Å². The van der Waals surface area contributed by atoms with E-state index in [-0.39, 0.29) is 18.2 Å². The molecule has 1 heterocycles.